The summed E-state index contributed by atoms with van der Waals surface area (Å²) in [6.07, 6.45) is 4.90. The second-order valence-electron chi connectivity index (χ2n) is 6.18. The normalized spacial score (nSPS) is 15.6. The molecule has 0 unspecified atom stereocenters. The zero-order chi connectivity index (χ0) is 17.1. The van der Waals surface area contributed by atoms with Crippen molar-refractivity contribution in [2.75, 3.05) is 20.1 Å². The SMILES string of the molecule is CCc1cnc(CN(C)C(=O)c2nnn(C3CCNCC3)c2C)s1. The molecular weight excluding hydrogens is 324 g/mol. The Hall–Kier alpha value is -1.80. The first kappa shape index (κ1) is 17.0. The first-order valence-electron chi connectivity index (χ1n) is 8.41. The standard InChI is InChI=1S/C16H24N6OS/c1-4-13-9-18-14(24-13)10-21(3)16(23)15-11(2)22(20-19-15)12-5-7-17-8-6-12/h9,12,17H,4-8,10H2,1-3H3. The average Bonchev–Trinajstić information content (AvgIpc) is 3.21. The van der Waals surface area contributed by atoms with Gasteiger partial charge in [0, 0.05) is 18.1 Å². The highest BCUT2D eigenvalue weighted by molar-refractivity contribution is 7.11. The van der Waals surface area contributed by atoms with E-state index in [0.29, 0.717) is 18.3 Å². The summed E-state index contributed by atoms with van der Waals surface area (Å²) >= 11 is 1.65. The van der Waals surface area contributed by atoms with E-state index in [4.69, 9.17) is 0 Å². The summed E-state index contributed by atoms with van der Waals surface area (Å²) in [5, 5.41) is 12.7. The van der Waals surface area contributed by atoms with E-state index in [-0.39, 0.29) is 5.91 Å². The number of hydrogen-bond donors (Lipinski definition) is 1. The molecule has 130 valence electrons. The number of hydrogen-bond acceptors (Lipinski definition) is 6. The number of piperidine rings is 1. The van der Waals surface area contributed by atoms with E-state index in [0.717, 1.165) is 43.1 Å². The van der Waals surface area contributed by atoms with E-state index in [1.54, 1.807) is 23.3 Å². The largest absolute Gasteiger partial charge is 0.333 e. The van der Waals surface area contributed by atoms with E-state index in [2.05, 4.69) is 27.5 Å². The van der Waals surface area contributed by atoms with Crippen LogP contribution < -0.4 is 5.32 Å². The Kier molecular flexibility index (Phi) is 5.25. The van der Waals surface area contributed by atoms with Crippen molar-refractivity contribution in [1.82, 2.24) is 30.2 Å². The molecule has 0 saturated carbocycles. The molecule has 3 heterocycles. The minimum absolute atomic E-state index is 0.0964. The molecule has 7 nitrogen and oxygen atoms in total. The van der Waals surface area contributed by atoms with Gasteiger partial charge in [0.15, 0.2) is 5.69 Å². The Morgan fingerprint density at radius 1 is 1.46 bits per heavy atom. The molecule has 1 N–H and O–H groups in total. The van der Waals surface area contributed by atoms with Gasteiger partial charge in [-0.05, 0) is 39.3 Å². The van der Waals surface area contributed by atoms with Crippen LogP contribution in [0.15, 0.2) is 6.20 Å². The molecule has 1 aliphatic rings. The highest BCUT2D eigenvalue weighted by Gasteiger charge is 2.25. The van der Waals surface area contributed by atoms with Crippen LogP contribution in [-0.4, -0.2) is 50.9 Å². The zero-order valence-electron chi connectivity index (χ0n) is 14.4. The number of nitrogens with one attached hydrogen (secondary N) is 1. The van der Waals surface area contributed by atoms with E-state index in [9.17, 15) is 4.79 Å². The van der Waals surface area contributed by atoms with Crippen molar-refractivity contribution in [3.63, 3.8) is 0 Å². The molecule has 1 amide bonds. The summed E-state index contributed by atoms with van der Waals surface area (Å²) in [7, 11) is 1.79. The Morgan fingerprint density at radius 2 is 2.21 bits per heavy atom. The molecule has 2 aromatic rings. The third-order valence-corrected chi connectivity index (χ3v) is 5.58. The van der Waals surface area contributed by atoms with Crippen LogP contribution in [0.5, 0.6) is 0 Å². The Labute approximate surface area is 146 Å². The van der Waals surface area contributed by atoms with Gasteiger partial charge in [-0.1, -0.05) is 12.1 Å². The third kappa shape index (κ3) is 3.49. The van der Waals surface area contributed by atoms with Gasteiger partial charge in [-0.3, -0.25) is 4.79 Å². The molecule has 8 heteroatoms. The molecule has 0 aromatic carbocycles. The Balaban J connectivity index is 1.71. The fraction of sp³-hybridized carbons (Fsp3) is 0.625. The highest BCUT2D eigenvalue weighted by atomic mass is 32.1. The van der Waals surface area contributed by atoms with Gasteiger partial charge < -0.3 is 10.2 Å². The summed E-state index contributed by atoms with van der Waals surface area (Å²) in [6.45, 7) is 6.51. The molecule has 2 aromatic heterocycles. The van der Waals surface area contributed by atoms with Gasteiger partial charge in [-0.25, -0.2) is 9.67 Å². The Morgan fingerprint density at radius 3 is 2.88 bits per heavy atom. The van der Waals surface area contributed by atoms with Crippen molar-refractivity contribution < 1.29 is 4.79 Å². The number of rotatable bonds is 5. The zero-order valence-corrected chi connectivity index (χ0v) is 15.3. The van der Waals surface area contributed by atoms with Crippen LogP contribution in [-0.2, 0) is 13.0 Å². The van der Waals surface area contributed by atoms with Crippen LogP contribution in [0.25, 0.3) is 0 Å². The summed E-state index contributed by atoms with van der Waals surface area (Å²) in [4.78, 5) is 20.0. The van der Waals surface area contributed by atoms with Crippen molar-refractivity contribution in [2.45, 2.75) is 45.7 Å². The third-order valence-electron chi connectivity index (χ3n) is 4.45. The maximum absolute atomic E-state index is 12.7. The molecule has 0 aliphatic carbocycles. The molecular formula is C16H24N6OS. The lowest BCUT2D eigenvalue weighted by Gasteiger charge is -2.23. The van der Waals surface area contributed by atoms with Gasteiger partial charge in [-0.15, -0.1) is 16.4 Å². The number of amides is 1. The molecule has 24 heavy (non-hydrogen) atoms. The molecule has 0 atom stereocenters. The first-order valence-corrected chi connectivity index (χ1v) is 9.23. The van der Waals surface area contributed by atoms with Gasteiger partial charge in [0.1, 0.15) is 5.01 Å². The first-order chi connectivity index (χ1) is 11.6. The Bertz CT molecular complexity index is 703. The van der Waals surface area contributed by atoms with Gasteiger partial charge >= 0.3 is 0 Å². The van der Waals surface area contributed by atoms with E-state index in [1.807, 2.05) is 17.8 Å². The van der Waals surface area contributed by atoms with Crippen molar-refractivity contribution in [2.24, 2.45) is 0 Å². The van der Waals surface area contributed by atoms with Crippen LogP contribution in [0.1, 0.15) is 51.9 Å². The van der Waals surface area contributed by atoms with E-state index < -0.39 is 0 Å². The lowest BCUT2D eigenvalue weighted by atomic mass is 10.1. The molecule has 1 aliphatic heterocycles. The lowest BCUT2D eigenvalue weighted by Crippen LogP contribution is -2.30. The lowest BCUT2D eigenvalue weighted by molar-refractivity contribution is 0.0778. The summed E-state index contributed by atoms with van der Waals surface area (Å²) in [5.74, 6) is -0.0964. The minimum Gasteiger partial charge on any atom is -0.333 e. The van der Waals surface area contributed by atoms with E-state index in [1.165, 1.54) is 4.88 Å². The van der Waals surface area contributed by atoms with Crippen LogP contribution in [0.2, 0.25) is 0 Å². The van der Waals surface area contributed by atoms with Crippen LogP contribution in [0, 0.1) is 6.92 Å². The number of thiazole rings is 1. The monoisotopic (exact) mass is 348 g/mol. The topological polar surface area (TPSA) is 75.9 Å². The van der Waals surface area contributed by atoms with Gasteiger partial charge in [0.05, 0.1) is 18.3 Å². The molecule has 0 spiro atoms. The van der Waals surface area contributed by atoms with Gasteiger partial charge in [0.2, 0.25) is 0 Å². The summed E-state index contributed by atoms with van der Waals surface area (Å²) < 4.78 is 1.92. The second kappa shape index (κ2) is 7.40. The van der Waals surface area contributed by atoms with Crippen molar-refractivity contribution >= 4 is 17.2 Å². The fourth-order valence-corrected chi connectivity index (χ4v) is 3.89. The maximum Gasteiger partial charge on any atom is 0.276 e. The van der Waals surface area contributed by atoms with Crippen LogP contribution in [0.4, 0.5) is 0 Å². The highest BCUT2D eigenvalue weighted by Crippen LogP contribution is 2.21. The fourth-order valence-electron chi connectivity index (χ4n) is 2.98. The number of carbonyl (C=O) groups is 1. The molecule has 1 saturated heterocycles. The maximum atomic E-state index is 12.7. The number of carbonyl (C=O) groups excluding carboxylic acids is 1. The summed E-state index contributed by atoms with van der Waals surface area (Å²) in [5.41, 5.74) is 1.30. The van der Waals surface area contributed by atoms with Crippen molar-refractivity contribution in [3.8, 4) is 0 Å². The number of aryl methyl sites for hydroxylation is 1. The molecule has 1 fully saturated rings. The minimum atomic E-state index is -0.0964. The molecule has 0 bridgehead atoms. The predicted molar refractivity (Wildman–Crippen MR) is 93.2 cm³/mol. The molecule has 3 rings (SSSR count). The smallest absolute Gasteiger partial charge is 0.276 e. The van der Waals surface area contributed by atoms with Gasteiger partial charge in [-0.2, -0.15) is 0 Å². The predicted octanol–water partition coefficient (Wildman–Crippen LogP) is 1.80. The van der Waals surface area contributed by atoms with E-state index >= 15 is 0 Å². The van der Waals surface area contributed by atoms with Crippen LogP contribution >= 0.6 is 11.3 Å². The molecule has 0 radical (unpaired) electrons. The number of nitrogens with zero attached hydrogens (tertiary/aromatic N) is 5. The average molecular weight is 348 g/mol. The second-order valence-corrected chi connectivity index (χ2v) is 7.38. The van der Waals surface area contributed by atoms with Gasteiger partial charge in [0.25, 0.3) is 5.91 Å². The van der Waals surface area contributed by atoms with Crippen molar-refractivity contribution in [1.29, 1.82) is 0 Å². The quantitative estimate of drug-likeness (QED) is 0.892. The van der Waals surface area contributed by atoms with Crippen molar-refractivity contribution in [3.05, 3.63) is 27.5 Å². The summed E-state index contributed by atoms with van der Waals surface area (Å²) in [6, 6.07) is 0.330. The number of aromatic nitrogens is 4. The van der Waals surface area contributed by atoms with Crippen LogP contribution in [0.3, 0.4) is 0 Å².